The van der Waals surface area contributed by atoms with Gasteiger partial charge in [0.05, 0.1) is 0 Å². The number of benzene rings is 2. The molecule has 0 saturated heterocycles. The summed E-state index contributed by atoms with van der Waals surface area (Å²) in [5, 5.41) is 3.11. The highest BCUT2D eigenvalue weighted by molar-refractivity contribution is 6.31. The standard InChI is InChI=1S/C39H55ClN2O8/c1-37(2,3)48-33(43)25-15-24-32(35(45)49-38(4,5)6)47-36(46)42-31(23-16-26-41)34(44)50-39(27-17-9-7-10-18-27,28-19-11-8-12-20-28)29-21-13-14-22-30(29)40/h7,9-10,13-14,17-18,21-22,28,31-32H,8,11-12,15-16,19-20,23-26,41H2,1-6H3,(H,42,46)/t31-,32-,39?/m0/s1. The fraction of sp³-hybridized carbons (Fsp3) is 0.590. The molecule has 1 fully saturated rings. The Morgan fingerprint density at radius 3 is 2.02 bits per heavy atom. The van der Waals surface area contributed by atoms with Crippen LogP contribution in [-0.2, 0) is 38.9 Å². The number of nitrogens with two attached hydrogens (primary N) is 1. The van der Waals surface area contributed by atoms with E-state index in [1.165, 1.54) is 0 Å². The summed E-state index contributed by atoms with van der Waals surface area (Å²) in [6.45, 7) is 10.7. The Labute approximate surface area is 302 Å². The van der Waals surface area contributed by atoms with Gasteiger partial charge in [0.25, 0.3) is 0 Å². The molecule has 0 aromatic heterocycles. The molecule has 50 heavy (non-hydrogen) atoms. The number of alkyl carbamates (subject to hydrolysis) is 1. The zero-order valence-electron chi connectivity index (χ0n) is 30.4. The van der Waals surface area contributed by atoms with E-state index >= 15 is 0 Å². The molecule has 3 rings (SSSR count). The Kier molecular flexibility index (Phi) is 15.1. The molecule has 1 amide bonds. The van der Waals surface area contributed by atoms with Gasteiger partial charge in [0.2, 0.25) is 6.10 Å². The van der Waals surface area contributed by atoms with Crippen molar-refractivity contribution in [3.05, 3.63) is 70.7 Å². The summed E-state index contributed by atoms with van der Waals surface area (Å²) >= 11 is 6.86. The molecule has 2 aromatic rings. The Morgan fingerprint density at radius 2 is 1.42 bits per heavy atom. The maximum Gasteiger partial charge on any atom is 0.408 e. The van der Waals surface area contributed by atoms with Crippen LogP contribution < -0.4 is 11.1 Å². The molecule has 0 radical (unpaired) electrons. The van der Waals surface area contributed by atoms with Gasteiger partial charge in [-0.1, -0.05) is 79.4 Å². The first-order valence-electron chi connectivity index (χ1n) is 17.7. The van der Waals surface area contributed by atoms with Crippen LogP contribution in [-0.4, -0.2) is 53.9 Å². The summed E-state index contributed by atoms with van der Waals surface area (Å²) in [7, 11) is 0. The van der Waals surface area contributed by atoms with Crippen LogP contribution in [0.15, 0.2) is 54.6 Å². The van der Waals surface area contributed by atoms with Crippen LogP contribution >= 0.6 is 11.6 Å². The fourth-order valence-electron chi connectivity index (χ4n) is 6.29. The number of carbonyl (C=O) groups is 4. The summed E-state index contributed by atoms with van der Waals surface area (Å²) in [4.78, 5) is 53.2. The van der Waals surface area contributed by atoms with Gasteiger partial charge < -0.3 is 30.0 Å². The van der Waals surface area contributed by atoms with E-state index in [4.69, 9.17) is 36.3 Å². The van der Waals surface area contributed by atoms with Crippen molar-refractivity contribution in [1.29, 1.82) is 0 Å². The summed E-state index contributed by atoms with van der Waals surface area (Å²) in [6.07, 6.45) is 3.11. The van der Waals surface area contributed by atoms with Crippen LogP contribution in [0.25, 0.3) is 0 Å². The van der Waals surface area contributed by atoms with E-state index < -0.39 is 53.0 Å². The lowest BCUT2D eigenvalue weighted by Gasteiger charge is -2.44. The number of ether oxygens (including phenoxy) is 4. The van der Waals surface area contributed by atoms with Crippen LogP contribution in [0.1, 0.15) is 117 Å². The Hall–Kier alpha value is -3.63. The minimum absolute atomic E-state index is 0.00476. The average Bonchev–Trinajstić information content (AvgIpc) is 3.04. The molecular formula is C39H55ClN2O8. The smallest absolute Gasteiger partial charge is 0.408 e. The number of halogens is 1. The lowest BCUT2D eigenvalue weighted by Crippen LogP contribution is -2.49. The number of esters is 3. The molecule has 1 saturated carbocycles. The third-order valence-electron chi connectivity index (χ3n) is 8.38. The number of carbonyl (C=O) groups excluding carboxylic acids is 4. The summed E-state index contributed by atoms with van der Waals surface area (Å²) in [6, 6.07) is 15.8. The maximum absolute atomic E-state index is 14.3. The summed E-state index contributed by atoms with van der Waals surface area (Å²) in [5.41, 5.74) is 4.54. The summed E-state index contributed by atoms with van der Waals surface area (Å²) < 4.78 is 23.1. The second-order valence-electron chi connectivity index (χ2n) is 14.9. The third kappa shape index (κ3) is 12.3. The van der Waals surface area contributed by atoms with Crippen LogP contribution in [0.3, 0.4) is 0 Å². The van der Waals surface area contributed by atoms with E-state index in [2.05, 4.69) is 5.32 Å². The van der Waals surface area contributed by atoms with Gasteiger partial charge in [0.1, 0.15) is 17.2 Å². The molecular weight excluding hydrogens is 660 g/mol. The first-order chi connectivity index (χ1) is 23.6. The third-order valence-corrected chi connectivity index (χ3v) is 8.71. The van der Waals surface area contributed by atoms with Gasteiger partial charge in [0, 0.05) is 28.5 Å². The highest BCUT2D eigenvalue weighted by Crippen LogP contribution is 2.49. The van der Waals surface area contributed by atoms with Gasteiger partial charge in [0.15, 0.2) is 5.60 Å². The van der Waals surface area contributed by atoms with Gasteiger partial charge in [-0.3, -0.25) is 4.79 Å². The summed E-state index contributed by atoms with van der Waals surface area (Å²) in [5.74, 6) is -1.96. The van der Waals surface area contributed by atoms with E-state index in [9.17, 15) is 19.2 Å². The Balaban J connectivity index is 1.90. The zero-order chi connectivity index (χ0) is 37.0. The van der Waals surface area contributed by atoms with Crippen molar-refractivity contribution < 1.29 is 38.1 Å². The molecule has 1 aliphatic rings. The monoisotopic (exact) mass is 714 g/mol. The van der Waals surface area contributed by atoms with E-state index in [0.29, 0.717) is 17.0 Å². The SMILES string of the molecule is CC(C)(C)OC(=O)CCC[C@H](OC(=O)N[C@@H](CCCN)C(=O)OC(c1ccccc1)(c1ccccc1Cl)C1CCCCC1)C(=O)OC(C)(C)C. The topological polar surface area (TPSA) is 143 Å². The predicted molar refractivity (Wildman–Crippen MR) is 192 cm³/mol. The van der Waals surface area contributed by atoms with E-state index in [1.807, 2.05) is 48.5 Å². The van der Waals surface area contributed by atoms with E-state index in [-0.39, 0.29) is 38.1 Å². The molecule has 10 nitrogen and oxygen atoms in total. The molecule has 3 atom stereocenters. The molecule has 0 heterocycles. The van der Waals surface area contributed by atoms with Crippen molar-refractivity contribution in [2.75, 3.05) is 6.54 Å². The lowest BCUT2D eigenvalue weighted by molar-refractivity contribution is -0.167. The second kappa shape index (κ2) is 18.6. The molecule has 0 spiro atoms. The van der Waals surface area contributed by atoms with Crippen LogP contribution in [0.2, 0.25) is 5.02 Å². The molecule has 1 unspecified atom stereocenters. The predicted octanol–water partition coefficient (Wildman–Crippen LogP) is 7.76. The highest BCUT2D eigenvalue weighted by Gasteiger charge is 2.48. The van der Waals surface area contributed by atoms with Gasteiger partial charge >= 0.3 is 24.0 Å². The highest BCUT2D eigenvalue weighted by atomic mass is 35.5. The minimum Gasteiger partial charge on any atom is -0.460 e. The Morgan fingerprint density at radius 1 is 0.800 bits per heavy atom. The normalized spacial score (nSPS) is 16.3. The fourth-order valence-corrected chi connectivity index (χ4v) is 6.56. The molecule has 2 aromatic carbocycles. The number of hydrogen-bond acceptors (Lipinski definition) is 9. The molecule has 11 heteroatoms. The van der Waals surface area contributed by atoms with Gasteiger partial charge in [-0.25, -0.2) is 14.4 Å². The Bertz CT molecular complexity index is 1420. The largest absolute Gasteiger partial charge is 0.460 e. The van der Waals surface area contributed by atoms with Gasteiger partial charge in [-0.2, -0.15) is 0 Å². The first kappa shape index (κ1) is 40.8. The van der Waals surface area contributed by atoms with Crippen molar-refractivity contribution >= 4 is 35.6 Å². The number of rotatable bonds is 15. The maximum atomic E-state index is 14.3. The molecule has 0 bridgehead atoms. The molecule has 0 aliphatic heterocycles. The molecule has 1 aliphatic carbocycles. The number of amides is 1. The van der Waals surface area contributed by atoms with Crippen molar-refractivity contribution in [2.24, 2.45) is 11.7 Å². The van der Waals surface area contributed by atoms with Crippen molar-refractivity contribution in [1.82, 2.24) is 5.32 Å². The van der Waals surface area contributed by atoms with Crippen molar-refractivity contribution in [3.63, 3.8) is 0 Å². The molecule has 3 N–H and O–H groups in total. The lowest BCUT2D eigenvalue weighted by atomic mass is 9.69. The van der Waals surface area contributed by atoms with E-state index in [0.717, 1.165) is 37.7 Å². The van der Waals surface area contributed by atoms with Crippen LogP contribution in [0.4, 0.5) is 4.79 Å². The first-order valence-corrected chi connectivity index (χ1v) is 18.1. The second-order valence-corrected chi connectivity index (χ2v) is 15.3. The van der Waals surface area contributed by atoms with Crippen molar-refractivity contribution in [3.8, 4) is 0 Å². The van der Waals surface area contributed by atoms with Gasteiger partial charge in [-0.05, 0) is 92.7 Å². The number of hydrogen-bond donors (Lipinski definition) is 2. The minimum atomic E-state index is -1.34. The van der Waals surface area contributed by atoms with Crippen LogP contribution in [0, 0.1) is 5.92 Å². The average molecular weight is 715 g/mol. The van der Waals surface area contributed by atoms with Gasteiger partial charge in [-0.15, -0.1) is 0 Å². The zero-order valence-corrected chi connectivity index (χ0v) is 31.2. The quantitative estimate of drug-likeness (QED) is 0.140. The van der Waals surface area contributed by atoms with E-state index in [1.54, 1.807) is 47.6 Å². The number of nitrogens with one attached hydrogen (secondary N) is 1. The van der Waals surface area contributed by atoms with Crippen LogP contribution in [0.5, 0.6) is 0 Å². The molecule has 276 valence electrons. The van der Waals surface area contributed by atoms with Crippen molar-refractivity contribution in [2.45, 2.75) is 135 Å².